The highest BCUT2D eigenvalue weighted by Gasteiger charge is 2.30. The summed E-state index contributed by atoms with van der Waals surface area (Å²) in [7, 11) is 3.14. The van der Waals surface area contributed by atoms with Crippen LogP contribution in [0.1, 0.15) is 59.0 Å². The van der Waals surface area contributed by atoms with Crippen LogP contribution in [-0.4, -0.2) is 32.7 Å². The highest BCUT2D eigenvalue weighted by Crippen LogP contribution is 2.43. The summed E-state index contributed by atoms with van der Waals surface area (Å²) in [5.74, 6) is 0.808. The van der Waals surface area contributed by atoms with Crippen molar-refractivity contribution in [2.45, 2.75) is 39.0 Å². The first-order valence-corrected chi connectivity index (χ1v) is 10.8. The maximum Gasteiger partial charge on any atom is 0.341 e. The number of amides is 1. The van der Waals surface area contributed by atoms with Gasteiger partial charge in [0.05, 0.1) is 26.4 Å². The van der Waals surface area contributed by atoms with Crippen LogP contribution in [0.25, 0.3) is 6.08 Å². The molecule has 1 aromatic heterocycles. The van der Waals surface area contributed by atoms with Gasteiger partial charge in [0.25, 0.3) is 0 Å². The number of anilines is 1. The molecule has 1 unspecified atom stereocenters. The Kier molecular flexibility index (Phi) is 7.15. The van der Waals surface area contributed by atoms with Gasteiger partial charge in [0, 0.05) is 11.0 Å². The smallest absolute Gasteiger partial charge is 0.341 e. The van der Waals surface area contributed by atoms with Crippen molar-refractivity contribution in [3.05, 3.63) is 45.8 Å². The molecule has 0 saturated carbocycles. The molecule has 0 bridgehead atoms. The summed E-state index contributed by atoms with van der Waals surface area (Å²) < 4.78 is 15.8. The Bertz CT molecular complexity index is 963. The summed E-state index contributed by atoms with van der Waals surface area (Å²) in [5.41, 5.74) is 2.34. The normalized spacial score (nSPS) is 15.5. The number of ether oxygens (including phenoxy) is 3. The van der Waals surface area contributed by atoms with Gasteiger partial charge in [-0.25, -0.2) is 4.79 Å². The van der Waals surface area contributed by atoms with Crippen LogP contribution in [-0.2, 0) is 16.0 Å². The maximum absolute atomic E-state index is 12.6. The number of benzene rings is 1. The van der Waals surface area contributed by atoms with E-state index < -0.39 is 0 Å². The van der Waals surface area contributed by atoms with E-state index in [1.165, 1.54) is 17.4 Å². The average molecular weight is 430 g/mol. The van der Waals surface area contributed by atoms with Crippen molar-refractivity contribution in [1.82, 2.24) is 0 Å². The molecular formula is C23H27NO5S. The molecule has 0 fully saturated rings. The minimum Gasteiger partial charge on any atom is -0.493 e. The molecule has 1 amide bonds. The molecule has 0 saturated heterocycles. The molecule has 7 heteroatoms. The van der Waals surface area contributed by atoms with Crippen molar-refractivity contribution in [2.75, 3.05) is 26.1 Å². The third kappa shape index (κ3) is 4.67. The summed E-state index contributed by atoms with van der Waals surface area (Å²) in [5, 5.41) is 3.45. The summed E-state index contributed by atoms with van der Waals surface area (Å²) in [6.07, 6.45) is 6.18. The predicted octanol–water partition coefficient (Wildman–Crippen LogP) is 5.03. The first kappa shape index (κ1) is 21.9. The van der Waals surface area contributed by atoms with E-state index in [1.807, 2.05) is 6.07 Å². The molecular weight excluding hydrogens is 402 g/mol. The minimum atomic E-state index is -0.372. The molecule has 1 aliphatic rings. The van der Waals surface area contributed by atoms with Crippen LogP contribution in [0.4, 0.5) is 5.00 Å². The second-order valence-electron chi connectivity index (χ2n) is 7.09. The monoisotopic (exact) mass is 429 g/mol. The standard InChI is InChI=1S/C23H27NO5S/c1-5-29-23(26)21-20-14(2)7-6-8-18(20)30-22(21)24-19(25)12-10-15-9-11-16(27-3)17(13-15)28-4/h9-14H,5-8H2,1-4H3,(H,24,25)/b12-10+. The lowest BCUT2D eigenvalue weighted by Crippen LogP contribution is -2.15. The zero-order valence-corrected chi connectivity index (χ0v) is 18.6. The highest BCUT2D eigenvalue weighted by atomic mass is 32.1. The van der Waals surface area contributed by atoms with Gasteiger partial charge in [0.15, 0.2) is 11.5 Å². The number of esters is 1. The second-order valence-corrected chi connectivity index (χ2v) is 8.20. The predicted molar refractivity (Wildman–Crippen MR) is 119 cm³/mol. The third-order valence-electron chi connectivity index (χ3n) is 5.11. The van der Waals surface area contributed by atoms with Gasteiger partial charge in [-0.1, -0.05) is 13.0 Å². The Morgan fingerprint density at radius 3 is 2.70 bits per heavy atom. The molecule has 0 spiro atoms. The van der Waals surface area contributed by atoms with Gasteiger partial charge >= 0.3 is 5.97 Å². The Morgan fingerprint density at radius 1 is 1.23 bits per heavy atom. The fourth-order valence-corrected chi connectivity index (χ4v) is 5.04. The van der Waals surface area contributed by atoms with Crippen molar-refractivity contribution >= 4 is 34.3 Å². The lowest BCUT2D eigenvalue weighted by molar-refractivity contribution is -0.111. The molecule has 1 aromatic carbocycles. The van der Waals surface area contributed by atoms with Crippen molar-refractivity contribution in [1.29, 1.82) is 0 Å². The van der Waals surface area contributed by atoms with E-state index in [-0.39, 0.29) is 17.8 Å². The Balaban J connectivity index is 1.83. The number of hydrogen-bond acceptors (Lipinski definition) is 6. The van der Waals surface area contributed by atoms with Crippen molar-refractivity contribution in [3.63, 3.8) is 0 Å². The van der Waals surface area contributed by atoms with E-state index >= 15 is 0 Å². The molecule has 1 atom stereocenters. The summed E-state index contributed by atoms with van der Waals surface area (Å²) in [4.78, 5) is 26.4. The van der Waals surface area contributed by atoms with Crippen LogP contribution in [0.2, 0.25) is 0 Å². The zero-order chi connectivity index (χ0) is 21.7. The summed E-state index contributed by atoms with van der Waals surface area (Å²) in [6.45, 7) is 4.20. The van der Waals surface area contributed by atoms with E-state index in [9.17, 15) is 9.59 Å². The van der Waals surface area contributed by atoms with Gasteiger partial charge in [0.2, 0.25) is 5.91 Å². The topological polar surface area (TPSA) is 73.9 Å². The molecule has 1 N–H and O–H groups in total. The molecule has 3 rings (SSSR count). The molecule has 30 heavy (non-hydrogen) atoms. The van der Waals surface area contributed by atoms with Crippen LogP contribution < -0.4 is 14.8 Å². The van der Waals surface area contributed by atoms with Gasteiger partial charge in [-0.15, -0.1) is 11.3 Å². The summed E-state index contributed by atoms with van der Waals surface area (Å²) in [6, 6.07) is 5.41. The van der Waals surface area contributed by atoms with Crippen molar-refractivity contribution in [3.8, 4) is 11.5 Å². The second kappa shape index (κ2) is 9.80. The zero-order valence-electron chi connectivity index (χ0n) is 17.7. The molecule has 1 aliphatic carbocycles. The molecule has 0 aliphatic heterocycles. The fraction of sp³-hybridized carbons (Fsp3) is 0.391. The van der Waals surface area contributed by atoms with Gasteiger partial charge < -0.3 is 19.5 Å². The van der Waals surface area contributed by atoms with Gasteiger partial charge in [-0.3, -0.25) is 4.79 Å². The Morgan fingerprint density at radius 2 is 2.00 bits per heavy atom. The SMILES string of the molecule is CCOC(=O)c1c(NC(=O)/C=C/c2ccc(OC)c(OC)c2)sc2c1C(C)CCC2. The van der Waals surface area contributed by atoms with Crippen LogP contribution in [0.15, 0.2) is 24.3 Å². The fourth-order valence-electron chi connectivity index (χ4n) is 3.69. The first-order chi connectivity index (χ1) is 14.5. The van der Waals surface area contributed by atoms with E-state index in [0.29, 0.717) is 28.7 Å². The van der Waals surface area contributed by atoms with E-state index in [1.54, 1.807) is 39.4 Å². The minimum absolute atomic E-state index is 0.275. The maximum atomic E-state index is 12.6. The number of hydrogen-bond donors (Lipinski definition) is 1. The number of fused-ring (bicyclic) bond motifs is 1. The quantitative estimate of drug-likeness (QED) is 0.493. The van der Waals surface area contributed by atoms with Crippen molar-refractivity contribution in [2.24, 2.45) is 0 Å². The van der Waals surface area contributed by atoms with Gasteiger partial charge in [-0.2, -0.15) is 0 Å². The van der Waals surface area contributed by atoms with Gasteiger partial charge in [0.1, 0.15) is 5.00 Å². The summed E-state index contributed by atoms with van der Waals surface area (Å²) >= 11 is 1.48. The molecule has 160 valence electrons. The molecule has 1 heterocycles. The Labute approximate surface area is 180 Å². The number of thiophene rings is 1. The Hall–Kier alpha value is -2.80. The average Bonchev–Trinajstić information content (AvgIpc) is 3.11. The van der Waals surface area contributed by atoms with Crippen molar-refractivity contribution < 1.29 is 23.8 Å². The van der Waals surface area contributed by atoms with Gasteiger partial charge in [-0.05, 0) is 61.4 Å². The number of aryl methyl sites for hydroxylation is 1. The van der Waals surface area contributed by atoms with Crippen LogP contribution in [0, 0.1) is 0 Å². The first-order valence-electron chi connectivity index (χ1n) is 10.0. The van der Waals surface area contributed by atoms with E-state index in [0.717, 1.165) is 35.3 Å². The van der Waals surface area contributed by atoms with Crippen LogP contribution in [0.3, 0.4) is 0 Å². The number of nitrogens with one attached hydrogen (secondary N) is 1. The largest absolute Gasteiger partial charge is 0.493 e. The molecule has 0 radical (unpaired) electrons. The molecule has 6 nitrogen and oxygen atoms in total. The third-order valence-corrected chi connectivity index (χ3v) is 6.29. The lowest BCUT2D eigenvalue weighted by Gasteiger charge is -2.19. The van der Waals surface area contributed by atoms with Crippen LogP contribution in [0.5, 0.6) is 11.5 Å². The number of rotatable bonds is 7. The van der Waals surface area contributed by atoms with E-state index in [4.69, 9.17) is 14.2 Å². The number of methoxy groups -OCH3 is 2. The molecule has 2 aromatic rings. The highest BCUT2D eigenvalue weighted by molar-refractivity contribution is 7.17. The lowest BCUT2D eigenvalue weighted by atomic mass is 9.86. The number of carbonyl (C=O) groups is 2. The number of carbonyl (C=O) groups excluding carboxylic acids is 2. The van der Waals surface area contributed by atoms with Crippen LogP contribution >= 0.6 is 11.3 Å². The van der Waals surface area contributed by atoms with E-state index in [2.05, 4.69) is 12.2 Å².